The number of carboxylic acid groups (broad SMARTS) is 1. The van der Waals surface area contributed by atoms with E-state index in [0.29, 0.717) is 38.5 Å². The van der Waals surface area contributed by atoms with Crippen LogP contribution in [0.5, 0.6) is 0 Å². The second kappa shape index (κ2) is 29.7. The van der Waals surface area contributed by atoms with Gasteiger partial charge in [0.25, 0.3) is 0 Å². The number of fused-ring (bicyclic) bond motifs is 7. The summed E-state index contributed by atoms with van der Waals surface area (Å²) in [5.41, 5.74) is -3.23. The minimum absolute atomic E-state index is 0.0323. The molecule has 0 amide bonds. The lowest BCUT2D eigenvalue weighted by Crippen LogP contribution is -2.71. The van der Waals surface area contributed by atoms with Gasteiger partial charge in [0.15, 0.2) is 37.2 Å². The fourth-order valence-electron chi connectivity index (χ4n) is 19.2. The summed E-state index contributed by atoms with van der Waals surface area (Å²) in [5, 5.41) is 135. The molecule has 0 radical (unpaired) electrons. The van der Waals surface area contributed by atoms with Crippen molar-refractivity contribution >= 4 is 29.8 Å². The quantitative estimate of drug-likeness (QED) is 0.0309. The maximum atomic E-state index is 13.9. The number of carboxylic acids is 1. The monoisotopic (exact) mass is 1420 g/mol. The molecule has 562 valence electrons. The average Bonchev–Trinajstić information content (AvgIpc) is 0.668. The third-order valence-electron chi connectivity index (χ3n) is 25.5. The Kier molecular flexibility index (Phi) is 23.1. The summed E-state index contributed by atoms with van der Waals surface area (Å²) in [5.74, 6) is -7.04. The summed E-state index contributed by atoms with van der Waals surface area (Å²) >= 11 is 0. The smallest absolute Gasteiger partial charge is 0.338 e. The molecule has 28 heteroatoms. The van der Waals surface area contributed by atoms with Gasteiger partial charge in [-0.1, -0.05) is 84.4 Å². The van der Waals surface area contributed by atoms with Gasteiger partial charge in [-0.25, -0.2) is 14.4 Å². The van der Waals surface area contributed by atoms with Gasteiger partial charge < -0.3 is 113 Å². The number of hydrogen-bond acceptors (Lipinski definition) is 27. The van der Waals surface area contributed by atoms with Gasteiger partial charge in [0, 0.05) is 18.4 Å². The molecule has 1 aromatic carbocycles. The van der Waals surface area contributed by atoms with Crippen LogP contribution < -0.4 is 0 Å². The molecule has 0 aromatic heterocycles. The van der Waals surface area contributed by atoms with Crippen LogP contribution in [0.3, 0.4) is 0 Å². The van der Waals surface area contributed by atoms with E-state index in [4.69, 9.17) is 52.1 Å². The lowest BCUT2D eigenvalue weighted by molar-refractivity contribution is -0.392. The van der Waals surface area contributed by atoms with Crippen LogP contribution in [0.25, 0.3) is 0 Å². The number of aliphatic hydroxyl groups excluding tert-OH is 11. The van der Waals surface area contributed by atoms with Crippen molar-refractivity contribution in [1.82, 2.24) is 0 Å². The van der Waals surface area contributed by atoms with E-state index >= 15 is 0 Å². The number of carbonyl (C=O) groups excluding carboxylic acids is 4. The Morgan fingerprint density at radius 2 is 1.35 bits per heavy atom. The highest BCUT2D eigenvalue weighted by Gasteiger charge is 2.74. The second-order valence-corrected chi connectivity index (χ2v) is 31.7. The first kappa shape index (κ1) is 77.9. The lowest BCUT2D eigenvalue weighted by Gasteiger charge is -2.73. The van der Waals surface area contributed by atoms with E-state index in [0.717, 1.165) is 5.57 Å². The third-order valence-corrected chi connectivity index (χ3v) is 25.5. The number of aliphatic carboxylic acids is 1. The Bertz CT molecular complexity index is 3160. The molecule has 8 fully saturated rings. The zero-order valence-corrected chi connectivity index (χ0v) is 59.0. The maximum Gasteiger partial charge on any atom is 0.338 e. The van der Waals surface area contributed by atoms with Gasteiger partial charge in [0.2, 0.25) is 0 Å². The molecule has 9 aliphatic rings. The van der Waals surface area contributed by atoms with Crippen molar-refractivity contribution in [1.29, 1.82) is 0 Å². The number of allylic oxidation sites excluding steroid dienone is 3. The average molecular weight is 1420 g/mol. The third kappa shape index (κ3) is 13.8. The molecule has 4 saturated heterocycles. The van der Waals surface area contributed by atoms with Crippen LogP contribution in [-0.4, -0.2) is 252 Å². The first-order chi connectivity index (χ1) is 46.9. The molecule has 1 aromatic rings. The summed E-state index contributed by atoms with van der Waals surface area (Å²) in [6.45, 7) is 20.0. The van der Waals surface area contributed by atoms with E-state index in [-0.39, 0.29) is 42.4 Å². The number of hydrogen-bond donors (Lipinski definition) is 12. The summed E-state index contributed by atoms with van der Waals surface area (Å²) in [4.78, 5) is 67.0. The molecule has 5 aliphatic carbocycles. The van der Waals surface area contributed by atoms with E-state index in [1.807, 2.05) is 27.7 Å². The predicted molar refractivity (Wildman–Crippen MR) is 346 cm³/mol. The molecule has 28 nitrogen and oxygen atoms in total. The lowest BCUT2D eigenvalue weighted by atomic mass is 9.32. The van der Waals surface area contributed by atoms with E-state index in [1.165, 1.54) is 26.8 Å². The zero-order valence-electron chi connectivity index (χ0n) is 59.0. The van der Waals surface area contributed by atoms with E-state index < -0.39 is 235 Å². The van der Waals surface area contributed by atoms with Gasteiger partial charge >= 0.3 is 29.8 Å². The van der Waals surface area contributed by atoms with Gasteiger partial charge in [-0.05, 0) is 136 Å². The Balaban J connectivity index is 0.909. The fraction of sp³-hybridized carbons (Fsp3) is 0.792. The summed E-state index contributed by atoms with van der Waals surface area (Å²) in [7, 11) is 0. The van der Waals surface area contributed by atoms with Crippen LogP contribution in [0.4, 0.5) is 0 Å². The highest BCUT2D eigenvalue weighted by atomic mass is 16.8. The summed E-state index contributed by atoms with van der Waals surface area (Å²) in [6, 6.07) is 8.25. The SMILES string of the molecule is C/C=C(/C)C(=O)OC1C(OC(=O)C(C)C(C)OC(=O)c2ccccc2)COC(C[C@H]2C(OC(C)=O)[C@@]3(CO)C(CC2(C)C)C2=CCC4[C@@]5(C)CC[C@H](O[C@@H]6OC(C(=O)O)[C@@H](O)[C@@H](O[C@@H]7OC[C@@H](O)[C@@H](O)C7O)C6O[C@@H]6OC(CO)[C@H](O)[C@@H](O)C6O)C(C)(C)C5CC[C@@]4(C)[C@]2(C)C[C@H]3O)C1O. The van der Waals surface area contributed by atoms with E-state index in [2.05, 4.69) is 26.8 Å². The molecule has 0 spiro atoms. The number of rotatable bonds is 19. The molecule has 100 heavy (non-hydrogen) atoms. The topological polar surface area (TPSA) is 430 Å². The number of benzene rings is 1. The Labute approximate surface area is 582 Å². The highest BCUT2D eigenvalue weighted by molar-refractivity contribution is 5.90. The zero-order chi connectivity index (χ0) is 73.4. The van der Waals surface area contributed by atoms with Crippen molar-refractivity contribution in [2.75, 3.05) is 26.4 Å². The van der Waals surface area contributed by atoms with Crippen LogP contribution in [0.2, 0.25) is 0 Å². The molecule has 31 atom stereocenters. The highest BCUT2D eigenvalue weighted by Crippen LogP contribution is 2.76. The molecule has 4 saturated carbocycles. The predicted octanol–water partition coefficient (Wildman–Crippen LogP) is 1.91. The minimum atomic E-state index is -2.14. The molecule has 10 rings (SSSR count). The van der Waals surface area contributed by atoms with E-state index in [1.54, 1.807) is 44.2 Å². The molecule has 4 aliphatic heterocycles. The summed E-state index contributed by atoms with van der Waals surface area (Å²) in [6.07, 6.45) is -28.7. The second-order valence-electron chi connectivity index (χ2n) is 31.7. The van der Waals surface area contributed by atoms with Crippen molar-refractivity contribution in [3.05, 3.63) is 59.2 Å². The normalized spacial score (nSPS) is 45.2. The number of carbonyl (C=O) groups is 5. The fourth-order valence-corrected chi connectivity index (χ4v) is 19.2. The van der Waals surface area contributed by atoms with Crippen LogP contribution >= 0.6 is 0 Å². The first-order valence-corrected chi connectivity index (χ1v) is 35.1. The molecule has 15 unspecified atom stereocenters. The molecule has 0 bridgehead atoms. The van der Waals surface area contributed by atoms with Gasteiger partial charge in [-0.2, -0.15) is 0 Å². The Hall–Kier alpha value is -4.67. The molecule has 4 heterocycles. The van der Waals surface area contributed by atoms with Gasteiger partial charge in [0.05, 0.1) is 61.6 Å². The minimum Gasteiger partial charge on any atom is -0.479 e. The van der Waals surface area contributed by atoms with Crippen molar-refractivity contribution in [3.8, 4) is 0 Å². The molecular weight excluding hydrogens is 1310 g/mol. The van der Waals surface area contributed by atoms with Crippen LogP contribution in [0.1, 0.15) is 145 Å². The number of esters is 4. The van der Waals surface area contributed by atoms with Crippen molar-refractivity contribution in [2.45, 2.75) is 269 Å². The number of ether oxygens (including phenoxy) is 11. The van der Waals surface area contributed by atoms with Crippen LogP contribution in [0.15, 0.2) is 53.6 Å². The number of aliphatic hydroxyl groups is 11. The Morgan fingerprint density at radius 3 is 1.99 bits per heavy atom. The van der Waals surface area contributed by atoms with Gasteiger partial charge in [0.1, 0.15) is 79.4 Å². The Morgan fingerprint density at radius 1 is 0.680 bits per heavy atom. The first-order valence-electron chi connectivity index (χ1n) is 35.1. The van der Waals surface area contributed by atoms with Crippen molar-refractivity contribution in [3.63, 3.8) is 0 Å². The van der Waals surface area contributed by atoms with Crippen molar-refractivity contribution < 1.29 is 137 Å². The molecule has 12 N–H and O–H groups in total. The van der Waals surface area contributed by atoms with Crippen LogP contribution in [0, 0.1) is 62.1 Å². The standard InChI is InChI=1S/C72H106O28/c1-13-32(2)61(87)97-55-43(94-62(88)33(3)34(4)92-63(89)36-17-15-14-16-18-36)30-90-41(50(55)80)25-38-59(93-35(5)75)72(31-74)39(26-67(38,6)7)37-19-20-45-69(10)23-22-47(68(8,9)44(69)21-24-70(45,11)71(37,12)27-46(72)77)96-66-58(100-65-53(83)51(81)49(79)42(28-73)95-65)56(54(84)57(99-66)60(85)86)98-64-52(82)48(78)40(76)29-91-64/h13-19,33-34,38-59,64-66,73-74,76-84H,20-31H2,1-12H3,(H,85,86)/b32-13-/t33?,34?,38-,39?,40+,41?,42?,43?,44?,45?,46+,47-,48+,49-,50?,51+,52?,53?,54-,55?,56+,57?,58?,59?,64-,65-,66+,69-,70+,71+,72-/m0/s1. The van der Waals surface area contributed by atoms with E-state index in [9.17, 15) is 85.3 Å². The van der Waals surface area contributed by atoms with Gasteiger partial charge in [-0.3, -0.25) is 9.59 Å². The van der Waals surface area contributed by atoms with Gasteiger partial charge in [-0.15, -0.1) is 0 Å². The van der Waals surface area contributed by atoms with Crippen molar-refractivity contribution in [2.24, 2.45) is 62.1 Å². The van der Waals surface area contributed by atoms with Crippen LogP contribution in [-0.2, 0) is 71.3 Å². The summed E-state index contributed by atoms with van der Waals surface area (Å²) < 4.78 is 67.1. The molecular formula is C72H106O28. The largest absolute Gasteiger partial charge is 0.479 e. The maximum absolute atomic E-state index is 13.9.